The summed E-state index contributed by atoms with van der Waals surface area (Å²) in [5.41, 5.74) is 10.3. The number of nitrogens with two attached hydrogens (primary N) is 1. The third-order valence-electron chi connectivity index (χ3n) is 4.26. The van der Waals surface area contributed by atoms with E-state index < -0.39 is 5.97 Å². The van der Waals surface area contributed by atoms with Crippen LogP contribution in [-0.4, -0.2) is 36.8 Å². The number of amidine groups is 1. The average molecular weight is 349 g/mol. The third kappa shape index (κ3) is 3.64. The standard InChI is InChI=1S/C20H19N3O3/c1-23(8-9-24)17-5-2-13(3-6-17)14-4-7-18-15(10-14)11-16(20(25)26)12-19(21)22-18/h2-7,9-11H,8,12H2,1H3,(H2,21,22)(H,25,26). The van der Waals surface area contributed by atoms with Gasteiger partial charge in [-0.05, 0) is 41.5 Å². The number of anilines is 1. The minimum absolute atomic E-state index is 0.122. The van der Waals surface area contributed by atoms with Crippen LogP contribution in [0.4, 0.5) is 11.4 Å². The Kier molecular flexibility index (Phi) is 4.84. The average Bonchev–Trinajstić information content (AvgIpc) is 2.79. The number of fused-ring (bicyclic) bond motifs is 1. The molecule has 2 aromatic rings. The number of carbonyl (C=O) groups excluding carboxylic acids is 1. The van der Waals surface area contributed by atoms with Crippen LogP contribution in [0.5, 0.6) is 0 Å². The van der Waals surface area contributed by atoms with Gasteiger partial charge in [0.25, 0.3) is 0 Å². The van der Waals surface area contributed by atoms with Crippen LogP contribution in [0.3, 0.4) is 0 Å². The van der Waals surface area contributed by atoms with Crippen molar-refractivity contribution in [3.63, 3.8) is 0 Å². The molecule has 0 amide bonds. The summed E-state index contributed by atoms with van der Waals surface area (Å²) >= 11 is 0. The molecule has 0 aromatic heterocycles. The van der Waals surface area contributed by atoms with E-state index in [4.69, 9.17) is 5.73 Å². The van der Waals surface area contributed by atoms with Gasteiger partial charge in [0.15, 0.2) is 0 Å². The molecule has 0 aliphatic carbocycles. The van der Waals surface area contributed by atoms with Crippen LogP contribution >= 0.6 is 0 Å². The Balaban J connectivity index is 1.97. The van der Waals surface area contributed by atoms with E-state index in [0.717, 1.165) is 28.7 Å². The van der Waals surface area contributed by atoms with Crippen molar-refractivity contribution in [1.82, 2.24) is 0 Å². The van der Waals surface area contributed by atoms with Gasteiger partial charge >= 0.3 is 5.97 Å². The first-order chi connectivity index (χ1) is 12.5. The number of hydrogen-bond donors (Lipinski definition) is 2. The maximum Gasteiger partial charge on any atom is 0.332 e. The number of rotatable bonds is 5. The van der Waals surface area contributed by atoms with Crippen molar-refractivity contribution >= 4 is 35.5 Å². The molecule has 6 heteroatoms. The van der Waals surface area contributed by atoms with E-state index in [1.165, 1.54) is 0 Å². The molecule has 26 heavy (non-hydrogen) atoms. The van der Waals surface area contributed by atoms with Crippen molar-refractivity contribution in [3.8, 4) is 11.1 Å². The number of likely N-dealkylation sites (N-methyl/N-ethyl adjacent to an activating group) is 1. The number of carboxylic acids is 1. The summed E-state index contributed by atoms with van der Waals surface area (Å²) in [5.74, 6) is -0.711. The maximum atomic E-state index is 11.4. The molecule has 0 bridgehead atoms. The molecule has 3 N–H and O–H groups in total. The molecule has 2 aromatic carbocycles. The second-order valence-corrected chi connectivity index (χ2v) is 6.12. The highest BCUT2D eigenvalue weighted by atomic mass is 16.4. The van der Waals surface area contributed by atoms with Gasteiger partial charge in [0, 0.05) is 30.3 Å². The normalized spacial score (nSPS) is 13.1. The van der Waals surface area contributed by atoms with E-state index in [2.05, 4.69) is 4.99 Å². The molecule has 0 atom stereocenters. The van der Waals surface area contributed by atoms with Crippen molar-refractivity contribution in [2.45, 2.75) is 6.42 Å². The molecular formula is C20H19N3O3. The van der Waals surface area contributed by atoms with E-state index >= 15 is 0 Å². The van der Waals surface area contributed by atoms with Crippen molar-refractivity contribution in [2.75, 3.05) is 18.5 Å². The first kappa shape index (κ1) is 17.4. The summed E-state index contributed by atoms with van der Waals surface area (Å²) < 4.78 is 0. The number of carbonyl (C=O) groups is 2. The summed E-state index contributed by atoms with van der Waals surface area (Å²) in [6.45, 7) is 0.334. The Bertz CT molecular complexity index is 914. The van der Waals surface area contributed by atoms with Gasteiger partial charge in [0.2, 0.25) is 0 Å². The van der Waals surface area contributed by atoms with Crippen LogP contribution in [0.25, 0.3) is 17.2 Å². The fourth-order valence-electron chi connectivity index (χ4n) is 2.84. The SMILES string of the molecule is CN(CC=O)c1ccc(-c2ccc3c(c2)C=C(C(=O)O)CC(N)=N3)cc1. The van der Waals surface area contributed by atoms with E-state index in [0.29, 0.717) is 12.2 Å². The van der Waals surface area contributed by atoms with Gasteiger partial charge in [-0.25, -0.2) is 9.79 Å². The summed E-state index contributed by atoms with van der Waals surface area (Å²) in [7, 11) is 1.85. The van der Waals surface area contributed by atoms with Gasteiger partial charge in [0.05, 0.1) is 12.2 Å². The zero-order chi connectivity index (χ0) is 18.7. The molecular weight excluding hydrogens is 330 g/mol. The Morgan fingerprint density at radius 2 is 1.92 bits per heavy atom. The number of nitrogens with zero attached hydrogens (tertiary/aromatic N) is 2. The molecule has 6 nitrogen and oxygen atoms in total. The minimum Gasteiger partial charge on any atom is -0.478 e. The molecule has 0 saturated heterocycles. The van der Waals surface area contributed by atoms with Crippen LogP contribution in [0.2, 0.25) is 0 Å². The molecule has 0 radical (unpaired) electrons. The predicted octanol–water partition coefficient (Wildman–Crippen LogP) is 2.85. The Hall–Kier alpha value is -3.41. The molecule has 0 unspecified atom stereocenters. The van der Waals surface area contributed by atoms with Crippen molar-refractivity contribution in [3.05, 3.63) is 53.6 Å². The lowest BCUT2D eigenvalue weighted by molar-refractivity contribution is -0.132. The van der Waals surface area contributed by atoms with Gasteiger partial charge in [-0.1, -0.05) is 18.2 Å². The number of aliphatic carboxylic acids is 1. The number of aliphatic imine (C=N–C) groups is 1. The second-order valence-electron chi connectivity index (χ2n) is 6.12. The fourth-order valence-corrected chi connectivity index (χ4v) is 2.84. The first-order valence-electron chi connectivity index (χ1n) is 8.14. The highest BCUT2D eigenvalue weighted by molar-refractivity contribution is 6.02. The smallest absolute Gasteiger partial charge is 0.332 e. The monoisotopic (exact) mass is 349 g/mol. The molecule has 0 spiro atoms. The van der Waals surface area contributed by atoms with Gasteiger partial charge < -0.3 is 20.5 Å². The van der Waals surface area contributed by atoms with Gasteiger partial charge in [-0.2, -0.15) is 0 Å². The van der Waals surface area contributed by atoms with E-state index in [9.17, 15) is 14.7 Å². The molecule has 132 valence electrons. The summed E-state index contributed by atoms with van der Waals surface area (Å²) in [6, 6.07) is 13.5. The van der Waals surface area contributed by atoms with Crippen LogP contribution in [0, 0.1) is 0 Å². The predicted molar refractivity (Wildman–Crippen MR) is 103 cm³/mol. The Morgan fingerprint density at radius 1 is 1.23 bits per heavy atom. The van der Waals surface area contributed by atoms with Crippen LogP contribution in [0.1, 0.15) is 12.0 Å². The van der Waals surface area contributed by atoms with E-state index in [1.807, 2.05) is 54.4 Å². The quantitative estimate of drug-likeness (QED) is 0.809. The molecule has 3 rings (SSSR count). The lowest BCUT2D eigenvalue weighted by Crippen LogP contribution is -2.18. The van der Waals surface area contributed by atoms with Gasteiger partial charge in [-0.3, -0.25) is 0 Å². The lowest BCUT2D eigenvalue weighted by atomic mass is 10.00. The van der Waals surface area contributed by atoms with Crippen molar-refractivity contribution in [2.24, 2.45) is 10.7 Å². The van der Waals surface area contributed by atoms with Crippen molar-refractivity contribution in [1.29, 1.82) is 0 Å². The van der Waals surface area contributed by atoms with E-state index in [1.54, 1.807) is 6.08 Å². The highest BCUT2D eigenvalue weighted by Crippen LogP contribution is 2.31. The van der Waals surface area contributed by atoms with Gasteiger partial charge in [-0.15, -0.1) is 0 Å². The Labute approximate surface area is 151 Å². The molecule has 1 heterocycles. The minimum atomic E-state index is -0.996. The van der Waals surface area contributed by atoms with E-state index in [-0.39, 0.29) is 17.8 Å². The Morgan fingerprint density at radius 3 is 2.58 bits per heavy atom. The fraction of sp³-hybridized carbons (Fsp3) is 0.150. The zero-order valence-corrected chi connectivity index (χ0v) is 14.3. The third-order valence-corrected chi connectivity index (χ3v) is 4.26. The lowest BCUT2D eigenvalue weighted by Gasteiger charge is -2.16. The largest absolute Gasteiger partial charge is 0.478 e. The molecule has 0 saturated carbocycles. The summed E-state index contributed by atoms with van der Waals surface area (Å²) in [6.07, 6.45) is 2.60. The first-order valence-corrected chi connectivity index (χ1v) is 8.14. The number of hydrogen-bond acceptors (Lipinski definition) is 5. The van der Waals surface area contributed by atoms with Gasteiger partial charge in [0.1, 0.15) is 12.1 Å². The van der Waals surface area contributed by atoms with Crippen LogP contribution in [-0.2, 0) is 9.59 Å². The number of aldehydes is 1. The highest BCUT2D eigenvalue weighted by Gasteiger charge is 2.15. The second kappa shape index (κ2) is 7.23. The molecule has 0 fully saturated rings. The summed E-state index contributed by atoms with van der Waals surface area (Å²) in [4.78, 5) is 28.2. The van der Waals surface area contributed by atoms with Crippen LogP contribution in [0.15, 0.2) is 53.0 Å². The van der Waals surface area contributed by atoms with Crippen molar-refractivity contribution < 1.29 is 14.7 Å². The van der Waals surface area contributed by atoms with Crippen LogP contribution < -0.4 is 10.6 Å². The number of carboxylic acid groups (broad SMARTS) is 1. The molecule has 1 aliphatic heterocycles. The maximum absolute atomic E-state index is 11.4. The molecule has 1 aliphatic rings. The summed E-state index contributed by atoms with van der Waals surface area (Å²) in [5, 5.41) is 9.31. The topological polar surface area (TPSA) is 96.0 Å². The zero-order valence-electron chi connectivity index (χ0n) is 14.3. The number of benzene rings is 2.